The van der Waals surface area contributed by atoms with Gasteiger partial charge in [-0.25, -0.2) is 0 Å². The van der Waals surface area contributed by atoms with Crippen molar-refractivity contribution < 1.29 is 49.1 Å². The van der Waals surface area contributed by atoms with E-state index in [4.69, 9.17) is 53.6 Å². The number of Topliss-reactive ketones (excluding diaryl/α,β-unsaturated/α-hetero) is 1. The van der Waals surface area contributed by atoms with Gasteiger partial charge in [-0.1, -0.05) is 211 Å². The van der Waals surface area contributed by atoms with Crippen LogP contribution in [0, 0.1) is 11.3 Å². The maximum atomic E-state index is 11.2. The van der Waals surface area contributed by atoms with Gasteiger partial charge in [0.05, 0.1) is 36.2 Å². The molecule has 0 aliphatic carbocycles. The molecule has 0 bridgehead atoms. The third kappa shape index (κ3) is 27.2. The molecule has 1 unspecified atom stereocenters. The van der Waals surface area contributed by atoms with Crippen molar-refractivity contribution in [1.82, 2.24) is 5.32 Å². The van der Waals surface area contributed by atoms with Gasteiger partial charge in [0, 0.05) is 18.7 Å². The molecule has 0 spiro atoms. The fourth-order valence-corrected chi connectivity index (χ4v) is 6.41. The minimum atomic E-state index is -1.49. The normalized spacial score (nSPS) is 10.4. The van der Waals surface area contributed by atoms with Crippen molar-refractivity contribution in [3.05, 3.63) is 236 Å². The molecule has 5 aromatic carbocycles. The van der Waals surface area contributed by atoms with Gasteiger partial charge in [-0.3, -0.25) is 24.0 Å². The number of rotatable bonds is 20. The molecule has 0 heterocycles. The summed E-state index contributed by atoms with van der Waals surface area (Å²) in [5.41, 5.74) is 6.26. The number of nitrogens with one attached hydrogen (secondary N) is 2. The van der Waals surface area contributed by atoms with Crippen molar-refractivity contribution in [2.24, 2.45) is 0 Å². The van der Waals surface area contributed by atoms with E-state index in [-0.39, 0.29) is 68.0 Å². The number of aliphatic carboxylic acids is 1. The van der Waals surface area contributed by atoms with Crippen LogP contribution in [-0.4, -0.2) is 50.0 Å². The van der Waals surface area contributed by atoms with Crippen LogP contribution in [-0.2, 0) is 40.3 Å². The second kappa shape index (κ2) is 35.3. The predicted octanol–water partition coefficient (Wildman–Crippen LogP) is 14.6. The lowest BCUT2D eigenvalue weighted by Gasteiger charge is -2.18. The van der Waals surface area contributed by atoms with Crippen molar-refractivity contribution in [3.8, 4) is 11.8 Å². The third-order valence-corrected chi connectivity index (χ3v) is 10.7. The Bertz CT molecular complexity index is 2790. The van der Waals surface area contributed by atoms with E-state index >= 15 is 0 Å². The second-order valence-electron chi connectivity index (χ2n) is 16.4. The quantitative estimate of drug-likeness (QED) is 0.0186. The Morgan fingerprint density at radius 1 is 0.584 bits per heavy atom. The molecule has 0 radical (unpaired) electrons. The van der Waals surface area contributed by atoms with Gasteiger partial charge in [0.1, 0.15) is 22.3 Å². The predicted molar refractivity (Wildman–Crippen MR) is 314 cm³/mol. The zero-order chi connectivity index (χ0) is 57.4. The topological polar surface area (TPSA) is 223 Å². The molecule has 0 aliphatic heterocycles. The number of amides is 2. The Balaban J connectivity index is 0.000000935. The monoisotopic (exact) mass is 1080 g/mol. The number of benzene rings is 5. The highest BCUT2D eigenvalue weighted by Gasteiger charge is 2.35. The molecule has 15 heteroatoms. The number of carbonyl (C=O) groups is 5. The summed E-state index contributed by atoms with van der Waals surface area (Å²) < 4.78 is 3.80. The fraction of sp³-hybridized carbons (Fsp3) is 0.161. The number of carboxylic acid groups (broad SMARTS) is 1. The second-order valence-corrected chi connectivity index (χ2v) is 17.8. The van der Waals surface area contributed by atoms with Crippen molar-refractivity contribution >= 4 is 88.8 Å². The first-order valence-electron chi connectivity index (χ1n) is 22.9. The molecular formula is C62H67Cl2N3O10. The Morgan fingerprint density at radius 2 is 0.948 bits per heavy atom. The van der Waals surface area contributed by atoms with Crippen molar-refractivity contribution in [3.63, 3.8) is 0 Å². The first kappa shape index (κ1) is 68.0. The highest BCUT2D eigenvalue weighted by Crippen LogP contribution is 2.37. The van der Waals surface area contributed by atoms with E-state index in [2.05, 4.69) is 63.3 Å². The molecule has 2 amide bonds. The van der Waals surface area contributed by atoms with Crippen LogP contribution in [0.2, 0.25) is 0 Å². The Hall–Kier alpha value is -8.96. The van der Waals surface area contributed by atoms with E-state index in [9.17, 15) is 24.0 Å². The van der Waals surface area contributed by atoms with Crippen LogP contribution >= 0.6 is 23.2 Å². The van der Waals surface area contributed by atoms with E-state index in [1.54, 1.807) is 109 Å². The number of hydrogen-bond donors (Lipinski definition) is 6. The van der Waals surface area contributed by atoms with Crippen LogP contribution in [0.15, 0.2) is 191 Å². The number of ether oxygens (including phenoxy) is 1. The number of anilines is 1. The van der Waals surface area contributed by atoms with Gasteiger partial charge >= 0.3 is 11.9 Å². The minimum Gasteiger partial charge on any atom is -0.512 e. The maximum absolute atomic E-state index is 11.2. The number of carboxylic acids is 1. The first-order chi connectivity index (χ1) is 35.8. The number of halogens is 2. The number of alkyl halides is 2. The fourth-order valence-electron chi connectivity index (χ4n) is 5.79. The molecular weight excluding hydrogens is 1020 g/mol. The summed E-state index contributed by atoms with van der Waals surface area (Å²) in [5.74, 6) is -2.27. The van der Waals surface area contributed by atoms with Gasteiger partial charge < -0.3 is 35.8 Å². The molecule has 5 aromatic rings. The summed E-state index contributed by atoms with van der Waals surface area (Å²) in [7, 11) is 0. The molecule has 0 aromatic heterocycles. The third-order valence-electron chi connectivity index (χ3n) is 9.98. The Kier molecular flexibility index (Phi) is 31.2. The van der Waals surface area contributed by atoms with E-state index in [1.807, 2.05) is 48.5 Å². The van der Waals surface area contributed by atoms with E-state index < -0.39 is 21.7 Å². The van der Waals surface area contributed by atoms with Gasteiger partial charge in [0.25, 0.3) is 0 Å². The van der Waals surface area contributed by atoms with Gasteiger partial charge in [-0.15, -0.1) is 0 Å². The van der Waals surface area contributed by atoms with Crippen molar-refractivity contribution in [1.29, 1.82) is 5.26 Å². The number of nitrogens with zero attached hydrogens (tertiary/aromatic N) is 1. The van der Waals surface area contributed by atoms with Gasteiger partial charge in [-0.05, 0) is 82.6 Å². The Morgan fingerprint density at radius 3 is 1.31 bits per heavy atom. The number of ketones is 1. The van der Waals surface area contributed by atoms with E-state index in [0.29, 0.717) is 23.5 Å². The molecule has 77 heavy (non-hydrogen) atoms. The zero-order valence-electron chi connectivity index (χ0n) is 42.6. The largest absolute Gasteiger partial charge is 0.512 e. The van der Waals surface area contributed by atoms with Gasteiger partial charge in [0.15, 0.2) is 5.41 Å². The summed E-state index contributed by atoms with van der Waals surface area (Å²) in [5, 5.41) is 49.6. The first-order valence-corrected chi connectivity index (χ1v) is 23.6. The summed E-state index contributed by atoms with van der Waals surface area (Å²) in [4.78, 5) is 55.5. The van der Waals surface area contributed by atoms with Crippen LogP contribution in [0.4, 0.5) is 5.69 Å². The van der Waals surface area contributed by atoms with Gasteiger partial charge in [0.2, 0.25) is 11.8 Å². The molecule has 5 rings (SSSR count). The lowest BCUT2D eigenvalue weighted by Crippen LogP contribution is -2.30. The lowest BCUT2D eigenvalue weighted by atomic mass is 9.84. The maximum Gasteiger partial charge on any atom is 0.328 e. The molecule has 0 saturated heterocycles. The smallest absolute Gasteiger partial charge is 0.328 e. The van der Waals surface area contributed by atoms with Crippen molar-refractivity contribution in [2.45, 2.75) is 63.3 Å². The van der Waals surface area contributed by atoms with Crippen LogP contribution in [0.3, 0.4) is 0 Å². The van der Waals surface area contributed by atoms with Crippen LogP contribution in [0.25, 0.3) is 30.4 Å². The average molecular weight is 1090 g/mol. The zero-order valence-corrected chi connectivity index (χ0v) is 44.1. The molecule has 0 saturated carbocycles. The van der Waals surface area contributed by atoms with Crippen LogP contribution in [0.1, 0.15) is 91.5 Å². The van der Waals surface area contributed by atoms with Crippen molar-refractivity contribution in [2.75, 3.05) is 5.32 Å². The number of esters is 1. The summed E-state index contributed by atoms with van der Waals surface area (Å²) in [6.07, 6.45) is 8.37. The summed E-state index contributed by atoms with van der Waals surface area (Å²) >= 11 is 12.1. The number of aliphatic hydroxyl groups is 3. The molecule has 0 fully saturated rings. The molecule has 13 nitrogen and oxygen atoms in total. The van der Waals surface area contributed by atoms with Crippen LogP contribution < -0.4 is 15.4 Å². The number of nitriles is 1. The van der Waals surface area contributed by atoms with Crippen LogP contribution in [0.5, 0.6) is 5.75 Å². The Labute approximate surface area is 462 Å². The molecule has 0 aliphatic rings. The van der Waals surface area contributed by atoms with Gasteiger partial charge in [-0.2, -0.15) is 5.26 Å². The average Bonchev–Trinajstić information content (AvgIpc) is 3.38. The standard InChI is InChI=1S/C13H15NO2.C12H12Cl2O.C12H11NO2.C12H13NO2.C12H12O3.CH4/c1-3-11-4-6-12(7-5-11)9-14-13(16)8-10(2)15;1-3-10-4-6-11(7-5-10)12(13,14)8-9(2)15;1-3-9-4-6-10(7-5-9)12(2,8-13)11(14)15;1-3-10-4-6-11(7-5-10)13-12(15)8-9(2)14;1-3-10-4-6-11(7-5-10)15-12(14)8-9(2)13;/h3-7,15H,1-2,8-9H2,(H,14,16);3-7H,1,8H2,2H3;3-7H,1H2,2H3,(H,14,15);3-7,14H,1-2,8H2,(H,13,15);3-7,13H,1-2,8H2;1H4. The molecule has 1 atom stereocenters. The molecule has 404 valence electrons. The highest BCUT2D eigenvalue weighted by atomic mass is 35.5. The minimum absolute atomic E-state index is 0. The summed E-state index contributed by atoms with van der Waals surface area (Å²) in [6.45, 7) is 31.2. The van der Waals surface area contributed by atoms with E-state index in [1.165, 1.54) is 13.8 Å². The lowest BCUT2D eigenvalue weighted by molar-refractivity contribution is -0.141. The van der Waals surface area contributed by atoms with E-state index in [0.717, 1.165) is 38.9 Å². The number of aliphatic hydroxyl groups excluding tert-OH is 3. The molecule has 6 N–H and O–H groups in total. The number of carbonyl (C=O) groups excluding carboxylic acids is 4. The summed E-state index contributed by atoms with van der Waals surface area (Å²) in [6, 6.07) is 37.7. The highest BCUT2D eigenvalue weighted by molar-refractivity contribution is 6.48. The SMILES string of the molecule is C.C=Cc1ccc(C(C)(C#N)C(=O)O)cc1.C=Cc1ccc(C(Cl)(Cl)CC(C)=O)cc1.C=Cc1ccc(CNC(=O)CC(=C)O)cc1.C=Cc1ccc(NC(=O)CC(=C)O)cc1.C=Cc1ccc(OC(=O)CC(=C)O)cc1. The number of hydrogen-bond acceptors (Lipinski definition) is 10.